The van der Waals surface area contributed by atoms with Gasteiger partial charge in [0.05, 0.1) is 11.1 Å². The average Bonchev–Trinajstić information content (AvgIpc) is 3.20. The molecule has 2 saturated heterocycles. The second-order valence-corrected chi connectivity index (χ2v) is 7.25. The third-order valence-corrected chi connectivity index (χ3v) is 5.54. The first-order valence-electron chi connectivity index (χ1n) is 7.99. The van der Waals surface area contributed by atoms with Crippen molar-refractivity contribution >= 4 is 17.2 Å². The van der Waals surface area contributed by atoms with Crippen LogP contribution in [0.1, 0.15) is 21.6 Å². The Labute approximate surface area is 146 Å². The molecule has 2 fully saturated rings. The number of carbonyl (C=O) groups is 1. The molecule has 1 aromatic heterocycles. The number of thiazole rings is 1. The van der Waals surface area contributed by atoms with Gasteiger partial charge in [0.1, 0.15) is 5.69 Å². The molecule has 0 unspecified atom stereocenters. The molecular formula is C17H16F3N3OS. The summed E-state index contributed by atoms with van der Waals surface area (Å²) in [6, 6.07) is 5.59. The van der Waals surface area contributed by atoms with Gasteiger partial charge in [-0.15, -0.1) is 11.3 Å². The number of amides is 1. The summed E-state index contributed by atoms with van der Waals surface area (Å²) < 4.78 is 37.9. The van der Waals surface area contributed by atoms with Gasteiger partial charge in [-0.1, -0.05) is 12.1 Å². The molecule has 2 atom stereocenters. The Kier molecular flexibility index (Phi) is 4.04. The highest BCUT2D eigenvalue weighted by Crippen LogP contribution is 2.35. The second kappa shape index (κ2) is 6.10. The first-order chi connectivity index (χ1) is 11.9. The molecule has 0 bridgehead atoms. The van der Waals surface area contributed by atoms with Crippen LogP contribution in [-0.4, -0.2) is 46.4 Å². The lowest BCUT2D eigenvalue weighted by molar-refractivity contribution is -0.137. The number of rotatable bonds is 3. The maximum absolute atomic E-state index is 12.6. The van der Waals surface area contributed by atoms with Gasteiger partial charge in [0.25, 0.3) is 5.91 Å². The number of halogens is 3. The largest absolute Gasteiger partial charge is 0.416 e. The van der Waals surface area contributed by atoms with Crippen molar-refractivity contribution in [2.75, 3.05) is 19.6 Å². The molecule has 3 heterocycles. The predicted molar refractivity (Wildman–Crippen MR) is 87.1 cm³/mol. The average molecular weight is 367 g/mol. The summed E-state index contributed by atoms with van der Waals surface area (Å²) in [6.07, 6.45) is -4.30. The molecule has 25 heavy (non-hydrogen) atoms. The Bertz CT molecular complexity index is 760. The third kappa shape index (κ3) is 3.16. The van der Waals surface area contributed by atoms with Gasteiger partial charge in [-0.2, -0.15) is 13.2 Å². The minimum Gasteiger partial charge on any atom is -0.335 e. The standard InChI is InChI=1S/C17H16F3N3OS/c18-17(19,20)13-3-1-11(2-4-13)5-22-6-12-7-23(8-15(12)22)16(24)14-9-25-10-21-14/h1-4,9-10,12,15H,5-8H2/t12-,15-/m0/s1. The topological polar surface area (TPSA) is 36.4 Å². The van der Waals surface area contributed by atoms with Gasteiger partial charge >= 0.3 is 6.18 Å². The second-order valence-electron chi connectivity index (χ2n) is 6.54. The molecule has 0 N–H and O–H groups in total. The van der Waals surface area contributed by atoms with E-state index in [1.807, 2.05) is 4.90 Å². The van der Waals surface area contributed by atoms with E-state index in [-0.39, 0.29) is 11.9 Å². The first-order valence-corrected chi connectivity index (χ1v) is 8.94. The van der Waals surface area contributed by atoms with Crippen LogP contribution in [0, 0.1) is 5.92 Å². The van der Waals surface area contributed by atoms with Crippen molar-refractivity contribution in [2.24, 2.45) is 5.92 Å². The summed E-state index contributed by atoms with van der Waals surface area (Å²) in [5.41, 5.74) is 2.37. The van der Waals surface area contributed by atoms with E-state index in [0.717, 1.165) is 30.8 Å². The van der Waals surface area contributed by atoms with Crippen LogP contribution < -0.4 is 0 Å². The highest BCUT2D eigenvalue weighted by Gasteiger charge is 2.46. The zero-order valence-electron chi connectivity index (χ0n) is 13.2. The predicted octanol–water partition coefficient (Wildman–Crippen LogP) is 3.12. The van der Waals surface area contributed by atoms with Crippen LogP contribution in [0.2, 0.25) is 0 Å². The summed E-state index contributed by atoms with van der Waals surface area (Å²) in [5.74, 6) is 0.405. The molecule has 4 rings (SSSR count). The molecule has 0 spiro atoms. The van der Waals surface area contributed by atoms with Crippen molar-refractivity contribution in [3.8, 4) is 0 Å². The fourth-order valence-corrected chi connectivity index (χ4v) is 4.13. The molecule has 0 saturated carbocycles. The molecule has 8 heteroatoms. The van der Waals surface area contributed by atoms with E-state index in [1.54, 1.807) is 10.9 Å². The van der Waals surface area contributed by atoms with Gasteiger partial charge in [-0.25, -0.2) is 4.98 Å². The van der Waals surface area contributed by atoms with E-state index in [0.29, 0.717) is 24.7 Å². The third-order valence-electron chi connectivity index (χ3n) is 4.95. The monoisotopic (exact) mass is 367 g/mol. The van der Waals surface area contributed by atoms with Gasteiger partial charge < -0.3 is 4.90 Å². The molecule has 2 aliphatic rings. The number of alkyl halides is 3. The van der Waals surface area contributed by atoms with Gasteiger partial charge in [0.2, 0.25) is 0 Å². The minimum absolute atomic E-state index is 0.0369. The number of aromatic nitrogens is 1. The van der Waals surface area contributed by atoms with Crippen molar-refractivity contribution in [1.82, 2.24) is 14.8 Å². The first kappa shape index (κ1) is 16.5. The van der Waals surface area contributed by atoms with Crippen molar-refractivity contribution in [1.29, 1.82) is 0 Å². The number of carbonyl (C=O) groups excluding carboxylic acids is 1. The molecular weight excluding hydrogens is 351 g/mol. The summed E-state index contributed by atoms with van der Waals surface area (Å²) in [6.45, 7) is 2.86. The van der Waals surface area contributed by atoms with E-state index in [9.17, 15) is 18.0 Å². The lowest BCUT2D eigenvalue weighted by Gasteiger charge is -2.43. The number of hydrogen-bond donors (Lipinski definition) is 0. The van der Waals surface area contributed by atoms with Crippen molar-refractivity contribution in [2.45, 2.75) is 18.8 Å². The van der Waals surface area contributed by atoms with Crippen LogP contribution in [0.3, 0.4) is 0 Å². The normalized spacial score (nSPS) is 23.4. The fourth-order valence-electron chi connectivity index (χ4n) is 3.61. The molecule has 2 aromatic rings. The Morgan fingerprint density at radius 2 is 1.96 bits per heavy atom. The van der Waals surface area contributed by atoms with E-state index in [2.05, 4.69) is 9.88 Å². The highest BCUT2D eigenvalue weighted by atomic mass is 32.1. The molecule has 2 aliphatic heterocycles. The maximum atomic E-state index is 12.6. The summed E-state index contributed by atoms with van der Waals surface area (Å²) >= 11 is 1.40. The molecule has 1 aromatic carbocycles. The number of likely N-dealkylation sites (tertiary alicyclic amines) is 2. The lowest BCUT2D eigenvalue weighted by Crippen LogP contribution is -2.54. The fraction of sp³-hybridized carbons (Fsp3) is 0.412. The number of fused-ring (bicyclic) bond motifs is 1. The Balaban J connectivity index is 1.37. The van der Waals surface area contributed by atoms with Crippen molar-refractivity contribution in [3.63, 3.8) is 0 Å². The van der Waals surface area contributed by atoms with Gasteiger partial charge in [-0.05, 0) is 17.7 Å². The maximum Gasteiger partial charge on any atom is 0.416 e. The van der Waals surface area contributed by atoms with E-state index >= 15 is 0 Å². The Morgan fingerprint density at radius 1 is 1.20 bits per heavy atom. The molecule has 1 amide bonds. The van der Waals surface area contributed by atoms with Crippen LogP contribution in [0.4, 0.5) is 13.2 Å². The van der Waals surface area contributed by atoms with Crippen LogP contribution in [0.15, 0.2) is 35.2 Å². The van der Waals surface area contributed by atoms with Crippen LogP contribution in [-0.2, 0) is 12.7 Å². The summed E-state index contributed by atoms with van der Waals surface area (Å²) in [4.78, 5) is 20.5. The summed E-state index contributed by atoms with van der Waals surface area (Å²) in [7, 11) is 0. The Morgan fingerprint density at radius 3 is 2.60 bits per heavy atom. The molecule has 4 nitrogen and oxygen atoms in total. The summed E-state index contributed by atoms with van der Waals surface area (Å²) in [5, 5.41) is 1.75. The smallest absolute Gasteiger partial charge is 0.335 e. The quantitative estimate of drug-likeness (QED) is 0.836. The van der Waals surface area contributed by atoms with Crippen LogP contribution in [0.5, 0.6) is 0 Å². The molecule has 0 radical (unpaired) electrons. The van der Waals surface area contributed by atoms with Crippen molar-refractivity contribution in [3.05, 3.63) is 52.0 Å². The number of hydrogen-bond acceptors (Lipinski definition) is 4. The lowest BCUT2D eigenvalue weighted by atomic mass is 9.91. The van der Waals surface area contributed by atoms with Crippen molar-refractivity contribution < 1.29 is 18.0 Å². The highest BCUT2D eigenvalue weighted by molar-refractivity contribution is 7.07. The molecule has 132 valence electrons. The van der Waals surface area contributed by atoms with E-state index < -0.39 is 11.7 Å². The number of nitrogens with zero attached hydrogens (tertiary/aromatic N) is 3. The van der Waals surface area contributed by atoms with E-state index in [4.69, 9.17) is 0 Å². The number of benzene rings is 1. The van der Waals surface area contributed by atoms with Gasteiger partial charge in [-0.3, -0.25) is 9.69 Å². The zero-order chi connectivity index (χ0) is 17.6. The van der Waals surface area contributed by atoms with Gasteiger partial charge in [0.15, 0.2) is 0 Å². The zero-order valence-corrected chi connectivity index (χ0v) is 14.1. The van der Waals surface area contributed by atoms with Gasteiger partial charge in [0, 0.05) is 43.5 Å². The van der Waals surface area contributed by atoms with Crippen LogP contribution in [0.25, 0.3) is 0 Å². The Hall–Kier alpha value is -1.93. The molecule has 0 aliphatic carbocycles. The van der Waals surface area contributed by atoms with Crippen LogP contribution >= 0.6 is 11.3 Å². The minimum atomic E-state index is -4.30. The SMILES string of the molecule is O=C(c1cscn1)N1C[C@@H]2CN(Cc3ccc(C(F)(F)F)cc3)[C@H]2C1. The van der Waals surface area contributed by atoms with E-state index in [1.165, 1.54) is 23.5 Å².